The van der Waals surface area contributed by atoms with E-state index in [-0.39, 0.29) is 30.5 Å². The van der Waals surface area contributed by atoms with Crippen molar-refractivity contribution in [1.29, 1.82) is 0 Å². The Labute approximate surface area is 222 Å². The zero-order valence-corrected chi connectivity index (χ0v) is 23.0. The number of carbonyl (C=O) groups excluding carboxylic acids is 1. The summed E-state index contributed by atoms with van der Waals surface area (Å²) < 4.78 is 56.9. The quantitative estimate of drug-likeness (QED) is 0.357. The molecule has 0 unspecified atom stereocenters. The van der Waals surface area contributed by atoms with Crippen molar-refractivity contribution in [2.45, 2.75) is 11.4 Å². The van der Waals surface area contributed by atoms with Gasteiger partial charge in [-0.3, -0.25) is 9.10 Å². The van der Waals surface area contributed by atoms with Gasteiger partial charge in [-0.1, -0.05) is 23.7 Å². The standard InChI is InChI=1S/C25H28ClN3O6S2/c1-28(2)37(33,34)24-14-12-23(13-15-24)35-17-16-27-25(30)20-6-10-22(11-7-20)29(36(3,31)32)18-19-4-8-21(26)9-5-19/h4-15H,16-18H2,1-3H3,(H,27,30). The molecule has 37 heavy (non-hydrogen) atoms. The van der Waals surface area contributed by atoms with Crippen molar-refractivity contribution in [3.8, 4) is 5.75 Å². The molecule has 0 aromatic heterocycles. The van der Waals surface area contributed by atoms with Gasteiger partial charge in [0.25, 0.3) is 5.91 Å². The molecule has 3 rings (SSSR count). The van der Waals surface area contributed by atoms with E-state index in [4.69, 9.17) is 16.3 Å². The predicted molar refractivity (Wildman–Crippen MR) is 144 cm³/mol. The topological polar surface area (TPSA) is 113 Å². The smallest absolute Gasteiger partial charge is 0.251 e. The lowest BCUT2D eigenvalue weighted by Crippen LogP contribution is -2.30. The molecular formula is C25H28ClN3O6S2. The molecule has 0 radical (unpaired) electrons. The van der Waals surface area contributed by atoms with Crippen molar-refractivity contribution in [3.05, 3.63) is 88.9 Å². The van der Waals surface area contributed by atoms with Crippen LogP contribution in [0.5, 0.6) is 5.75 Å². The largest absolute Gasteiger partial charge is 0.492 e. The maximum Gasteiger partial charge on any atom is 0.251 e. The van der Waals surface area contributed by atoms with Crippen LogP contribution < -0.4 is 14.4 Å². The number of hydrogen-bond acceptors (Lipinski definition) is 6. The minimum absolute atomic E-state index is 0.126. The van der Waals surface area contributed by atoms with E-state index < -0.39 is 20.0 Å². The third-order valence-electron chi connectivity index (χ3n) is 5.32. The fourth-order valence-corrected chi connectivity index (χ4v) is 5.20. The molecule has 0 bridgehead atoms. The maximum atomic E-state index is 12.5. The number of nitrogens with zero attached hydrogens (tertiary/aromatic N) is 2. The number of benzene rings is 3. The molecule has 0 aliphatic heterocycles. The van der Waals surface area contributed by atoms with Crippen LogP contribution in [-0.2, 0) is 26.6 Å². The highest BCUT2D eigenvalue weighted by Gasteiger charge is 2.19. The average molecular weight is 566 g/mol. The van der Waals surface area contributed by atoms with Crippen LogP contribution in [0.3, 0.4) is 0 Å². The third-order valence-corrected chi connectivity index (χ3v) is 8.54. The number of hydrogen-bond donors (Lipinski definition) is 1. The van der Waals surface area contributed by atoms with Crippen LogP contribution >= 0.6 is 11.6 Å². The Morgan fingerprint density at radius 3 is 2.03 bits per heavy atom. The first-order valence-corrected chi connectivity index (χ1v) is 14.8. The van der Waals surface area contributed by atoms with Crippen molar-refractivity contribution in [1.82, 2.24) is 9.62 Å². The highest BCUT2D eigenvalue weighted by Crippen LogP contribution is 2.22. The lowest BCUT2D eigenvalue weighted by molar-refractivity contribution is 0.0947. The predicted octanol–water partition coefficient (Wildman–Crippen LogP) is 3.37. The SMILES string of the molecule is CN(C)S(=O)(=O)c1ccc(OCCNC(=O)c2ccc(N(Cc3ccc(Cl)cc3)S(C)(=O)=O)cc2)cc1. The summed E-state index contributed by atoms with van der Waals surface area (Å²) in [6.07, 6.45) is 1.12. The first kappa shape index (κ1) is 28.5. The molecule has 0 heterocycles. The molecule has 0 atom stereocenters. The lowest BCUT2D eigenvalue weighted by atomic mass is 10.2. The molecule has 3 aromatic rings. The summed E-state index contributed by atoms with van der Waals surface area (Å²) in [5, 5.41) is 3.29. The maximum absolute atomic E-state index is 12.5. The van der Waals surface area contributed by atoms with E-state index in [1.165, 1.54) is 30.5 Å². The molecule has 0 saturated heterocycles. The van der Waals surface area contributed by atoms with Gasteiger partial charge in [0.15, 0.2) is 0 Å². The van der Waals surface area contributed by atoms with Gasteiger partial charge in [0, 0.05) is 24.7 Å². The number of amides is 1. The van der Waals surface area contributed by atoms with Gasteiger partial charge in [-0.2, -0.15) is 0 Å². The van der Waals surface area contributed by atoms with E-state index in [2.05, 4.69) is 5.32 Å². The average Bonchev–Trinajstić information content (AvgIpc) is 2.85. The highest BCUT2D eigenvalue weighted by atomic mass is 35.5. The first-order valence-electron chi connectivity index (χ1n) is 11.1. The molecule has 0 saturated carbocycles. The van der Waals surface area contributed by atoms with Crippen LogP contribution in [0.2, 0.25) is 5.02 Å². The second kappa shape index (κ2) is 12.0. The minimum Gasteiger partial charge on any atom is -0.492 e. The number of rotatable bonds is 11. The molecular weight excluding hydrogens is 538 g/mol. The molecule has 1 N–H and O–H groups in total. The van der Waals surface area contributed by atoms with Gasteiger partial charge in [0.1, 0.15) is 12.4 Å². The molecule has 0 fully saturated rings. The second-order valence-corrected chi connectivity index (χ2v) is 12.8. The Kier molecular flexibility index (Phi) is 9.19. The van der Waals surface area contributed by atoms with Gasteiger partial charge in [0.2, 0.25) is 20.0 Å². The Morgan fingerprint density at radius 2 is 1.49 bits per heavy atom. The van der Waals surface area contributed by atoms with Crippen LogP contribution in [0.1, 0.15) is 15.9 Å². The van der Waals surface area contributed by atoms with Crippen LogP contribution in [0, 0.1) is 0 Å². The molecule has 9 nitrogen and oxygen atoms in total. The molecule has 12 heteroatoms. The number of halogens is 1. The number of nitrogens with one attached hydrogen (secondary N) is 1. The summed E-state index contributed by atoms with van der Waals surface area (Å²) in [4.78, 5) is 12.7. The van der Waals surface area contributed by atoms with E-state index in [0.29, 0.717) is 22.0 Å². The van der Waals surface area contributed by atoms with Crippen molar-refractivity contribution in [2.24, 2.45) is 0 Å². The summed E-state index contributed by atoms with van der Waals surface area (Å²) in [5.74, 6) is 0.129. The summed E-state index contributed by atoms with van der Waals surface area (Å²) in [5.41, 5.74) is 1.56. The van der Waals surface area contributed by atoms with E-state index in [1.807, 2.05) is 0 Å². The second-order valence-electron chi connectivity index (χ2n) is 8.31. The highest BCUT2D eigenvalue weighted by molar-refractivity contribution is 7.92. The van der Waals surface area contributed by atoms with Crippen LogP contribution in [0.25, 0.3) is 0 Å². The zero-order valence-electron chi connectivity index (χ0n) is 20.6. The monoisotopic (exact) mass is 565 g/mol. The number of anilines is 1. The van der Waals surface area contributed by atoms with Crippen LogP contribution in [-0.4, -0.2) is 60.6 Å². The summed E-state index contributed by atoms with van der Waals surface area (Å²) in [6, 6.07) is 19.2. The molecule has 198 valence electrons. The van der Waals surface area contributed by atoms with Gasteiger partial charge in [-0.05, 0) is 66.2 Å². The minimum atomic E-state index is -3.57. The van der Waals surface area contributed by atoms with Gasteiger partial charge in [-0.25, -0.2) is 21.1 Å². The van der Waals surface area contributed by atoms with Crippen molar-refractivity contribution in [3.63, 3.8) is 0 Å². The van der Waals surface area contributed by atoms with E-state index in [0.717, 1.165) is 16.1 Å². The fourth-order valence-electron chi connectivity index (χ4n) is 3.29. The summed E-state index contributed by atoms with van der Waals surface area (Å²) >= 11 is 5.91. The lowest BCUT2D eigenvalue weighted by Gasteiger charge is -2.23. The van der Waals surface area contributed by atoms with Gasteiger partial charge >= 0.3 is 0 Å². The molecule has 3 aromatic carbocycles. The summed E-state index contributed by atoms with van der Waals surface area (Å²) in [7, 11) is -4.17. The molecule has 1 amide bonds. The van der Waals surface area contributed by atoms with Gasteiger partial charge in [0.05, 0.1) is 29.9 Å². The number of carbonyl (C=O) groups is 1. The number of ether oxygens (including phenoxy) is 1. The molecule has 0 aliphatic carbocycles. The van der Waals surface area contributed by atoms with Crippen LogP contribution in [0.15, 0.2) is 77.7 Å². The van der Waals surface area contributed by atoms with Gasteiger partial charge < -0.3 is 10.1 Å². The van der Waals surface area contributed by atoms with E-state index in [1.54, 1.807) is 60.7 Å². The van der Waals surface area contributed by atoms with Crippen molar-refractivity contribution >= 4 is 43.2 Å². The Morgan fingerprint density at radius 1 is 0.892 bits per heavy atom. The Bertz CT molecular complexity index is 1430. The molecule has 0 aliphatic rings. The van der Waals surface area contributed by atoms with Gasteiger partial charge in [-0.15, -0.1) is 0 Å². The third kappa shape index (κ3) is 7.68. The molecule has 0 spiro atoms. The zero-order chi connectivity index (χ0) is 27.2. The van der Waals surface area contributed by atoms with Crippen molar-refractivity contribution < 1.29 is 26.4 Å². The first-order chi connectivity index (χ1) is 17.4. The van der Waals surface area contributed by atoms with E-state index >= 15 is 0 Å². The van der Waals surface area contributed by atoms with Crippen LogP contribution in [0.4, 0.5) is 5.69 Å². The van der Waals surface area contributed by atoms with E-state index in [9.17, 15) is 21.6 Å². The number of sulfonamides is 2. The van der Waals surface area contributed by atoms with Crippen molar-refractivity contribution in [2.75, 3.05) is 37.8 Å². The normalized spacial score (nSPS) is 11.8. The fraction of sp³-hybridized carbons (Fsp3) is 0.240. The Balaban J connectivity index is 1.55. The Hall–Kier alpha value is -3.12. The summed E-state index contributed by atoms with van der Waals surface area (Å²) in [6.45, 7) is 0.512.